The Balaban J connectivity index is 1.24. The molecule has 8 rings (SSSR count). The van der Waals surface area contributed by atoms with E-state index in [2.05, 4.69) is 96.3 Å². The van der Waals surface area contributed by atoms with Crippen LogP contribution in [0.25, 0.3) is 33.4 Å². The zero-order chi connectivity index (χ0) is 43.8. The number of hydrogen-bond acceptors (Lipinski definition) is 11. The molecule has 4 aliphatic rings. The average Bonchev–Trinajstić information content (AvgIpc) is 3.70. The van der Waals surface area contributed by atoms with Crippen molar-refractivity contribution in [1.29, 1.82) is 0 Å². The van der Waals surface area contributed by atoms with E-state index in [4.69, 9.17) is 19.4 Å². The van der Waals surface area contributed by atoms with Gasteiger partial charge >= 0.3 is 0 Å². The molecule has 1 aliphatic carbocycles. The third kappa shape index (κ3) is 9.22. The predicted molar refractivity (Wildman–Crippen MR) is 245 cm³/mol. The number of thiazole rings is 1. The Labute approximate surface area is 370 Å². The molecule has 1 saturated carbocycles. The molecule has 0 spiro atoms. The van der Waals surface area contributed by atoms with Gasteiger partial charge in [-0.15, -0.1) is 11.3 Å². The summed E-state index contributed by atoms with van der Waals surface area (Å²) in [6, 6.07) is 8.13. The van der Waals surface area contributed by atoms with Crippen molar-refractivity contribution in [1.82, 2.24) is 35.2 Å². The number of pyridine rings is 1. The van der Waals surface area contributed by atoms with Gasteiger partial charge in [-0.3, -0.25) is 24.5 Å². The summed E-state index contributed by atoms with van der Waals surface area (Å²) in [7, 11) is 1.75. The van der Waals surface area contributed by atoms with Crippen molar-refractivity contribution in [3.05, 3.63) is 52.1 Å². The zero-order valence-electron chi connectivity index (χ0n) is 37.8. The van der Waals surface area contributed by atoms with Crippen LogP contribution < -0.4 is 15.6 Å². The van der Waals surface area contributed by atoms with Crippen LogP contribution in [-0.4, -0.2) is 114 Å². The topological polar surface area (TPSA) is 134 Å². The number of hydrazine groups is 1. The number of unbranched alkanes of at least 4 members (excludes halogenated alkanes) is 1. The highest BCUT2D eigenvalue weighted by molar-refractivity contribution is 7.10. The highest BCUT2D eigenvalue weighted by atomic mass is 32.1. The maximum Gasteiger partial charge on any atom is 0.259 e. The van der Waals surface area contributed by atoms with E-state index in [-0.39, 0.29) is 42.3 Å². The highest BCUT2D eigenvalue weighted by Gasteiger charge is 2.43. The van der Waals surface area contributed by atoms with Gasteiger partial charge in [0.15, 0.2) is 0 Å². The van der Waals surface area contributed by atoms with Gasteiger partial charge in [0.05, 0.1) is 53.3 Å². The van der Waals surface area contributed by atoms with Crippen LogP contribution in [0.5, 0.6) is 0 Å². The maximum atomic E-state index is 14.3. The third-order valence-corrected chi connectivity index (χ3v) is 14.5. The minimum atomic E-state index is -1.08. The average molecular weight is 867 g/mol. The van der Waals surface area contributed by atoms with Crippen LogP contribution in [-0.2, 0) is 43.2 Å². The number of carbonyl (C=O) groups is 3. The van der Waals surface area contributed by atoms with Crippen LogP contribution >= 0.6 is 11.3 Å². The van der Waals surface area contributed by atoms with Crippen molar-refractivity contribution in [2.45, 2.75) is 111 Å². The number of fused-ring (bicyclic) bond motifs is 6. The molecule has 4 aromatic rings. The van der Waals surface area contributed by atoms with E-state index in [1.54, 1.807) is 7.11 Å². The normalized spacial score (nSPS) is 25.1. The molecule has 14 heteroatoms. The molecule has 3 aliphatic heterocycles. The molecular formula is C48H66N8O5S. The molecule has 62 heavy (non-hydrogen) atoms. The number of anilines is 1. The van der Waals surface area contributed by atoms with Crippen molar-refractivity contribution in [3.63, 3.8) is 0 Å². The molecule has 1 aromatic carbocycles. The number of carbonyl (C=O) groups excluding carboxylic acids is 3. The van der Waals surface area contributed by atoms with E-state index >= 15 is 0 Å². The molecule has 2 N–H and O–H groups in total. The second-order valence-electron chi connectivity index (χ2n) is 19.0. The standard InChI is InChI=1S/C48H66N8O5S/c1-8-10-15-53-17-19-54(20-18-53)34-23-37(43(49-26-34)32(4)60-7)44-38-25-47(5,6)29-61-30-48(28-57)14-11-16-56(52-48)46(59)39(51-45(58)35-21-31(35)3)24-42-50-40(27-62-42)33-12-13-41(36(38)22-33)55(44)9-2/h12-13,22-23,26-28,31-32,35,39,52H,8-11,14-21,24-25,29-30H2,1-7H3,(H,51,58)/t31-,32-,35-,39-,48-/m0/s1. The van der Waals surface area contributed by atoms with Gasteiger partial charge in [0.2, 0.25) is 5.91 Å². The lowest BCUT2D eigenvalue weighted by Crippen LogP contribution is -2.66. The Morgan fingerprint density at radius 3 is 2.65 bits per heavy atom. The first-order valence-electron chi connectivity index (χ1n) is 22.9. The third-order valence-electron chi connectivity index (χ3n) is 13.6. The lowest BCUT2D eigenvalue weighted by Gasteiger charge is -2.41. The molecule has 0 radical (unpaired) electrons. The predicted octanol–water partition coefficient (Wildman–Crippen LogP) is 6.82. The largest absolute Gasteiger partial charge is 0.378 e. The summed E-state index contributed by atoms with van der Waals surface area (Å²) in [5.41, 5.74) is 10.2. The number of piperazine rings is 1. The van der Waals surface area contributed by atoms with Crippen molar-refractivity contribution < 1.29 is 23.9 Å². The Kier molecular flexibility index (Phi) is 13.2. The van der Waals surface area contributed by atoms with Gasteiger partial charge in [0.1, 0.15) is 17.9 Å². The Morgan fingerprint density at radius 1 is 1.15 bits per heavy atom. The van der Waals surface area contributed by atoms with Crippen LogP contribution in [0.2, 0.25) is 0 Å². The summed E-state index contributed by atoms with van der Waals surface area (Å²) in [5.74, 6) is -0.184. The second-order valence-corrected chi connectivity index (χ2v) is 20.0. The summed E-state index contributed by atoms with van der Waals surface area (Å²) in [6.45, 7) is 19.8. The fourth-order valence-corrected chi connectivity index (χ4v) is 10.6. The number of ether oxygens (including phenoxy) is 2. The number of nitrogens with zero attached hydrogens (tertiary/aromatic N) is 6. The summed E-state index contributed by atoms with van der Waals surface area (Å²) in [6.07, 6.45) is 8.00. The number of aldehydes is 1. The lowest BCUT2D eigenvalue weighted by atomic mass is 9.84. The van der Waals surface area contributed by atoms with E-state index in [1.165, 1.54) is 34.8 Å². The number of benzene rings is 1. The number of amides is 2. The number of aryl methyl sites for hydroxylation is 1. The van der Waals surface area contributed by atoms with Crippen molar-refractivity contribution in [2.24, 2.45) is 17.3 Å². The number of methoxy groups -OCH3 is 1. The van der Waals surface area contributed by atoms with E-state index in [1.807, 2.05) is 6.20 Å². The Bertz CT molecular complexity index is 2260. The molecular weight excluding hydrogens is 801 g/mol. The molecule has 0 unspecified atom stereocenters. The molecule has 334 valence electrons. The van der Waals surface area contributed by atoms with Gasteiger partial charge < -0.3 is 29.1 Å². The van der Waals surface area contributed by atoms with Crippen LogP contribution in [0.4, 0.5) is 5.69 Å². The van der Waals surface area contributed by atoms with E-state index < -0.39 is 11.6 Å². The van der Waals surface area contributed by atoms with E-state index in [0.717, 1.165) is 102 Å². The summed E-state index contributed by atoms with van der Waals surface area (Å²) in [5, 5.41) is 8.56. The fourth-order valence-electron chi connectivity index (χ4n) is 9.70. The summed E-state index contributed by atoms with van der Waals surface area (Å²) < 4.78 is 15.0. The minimum Gasteiger partial charge on any atom is -0.378 e. The van der Waals surface area contributed by atoms with Crippen LogP contribution in [0.15, 0.2) is 35.8 Å². The van der Waals surface area contributed by atoms with E-state index in [0.29, 0.717) is 38.3 Å². The van der Waals surface area contributed by atoms with Gasteiger partial charge in [-0.2, -0.15) is 0 Å². The lowest BCUT2D eigenvalue weighted by molar-refractivity contribution is -0.147. The first-order chi connectivity index (χ1) is 29.9. The van der Waals surface area contributed by atoms with E-state index in [9.17, 15) is 14.4 Å². The Morgan fingerprint density at radius 2 is 1.94 bits per heavy atom. The number of aromatic nitrogens is 3. The first kappa shape index (κ1) is 44.4. The fraction of sp³-hybridized carbons (Fsp3) is 0.604. The molecule has 2 saturated heterocycles. The van der Waals surface area contributed by atoms with Crippen molar-refractivity contribution >= 4 is 46.0 Å². The first-order valence-corrected chi connectivity index (χ1v) is 23.8. The minimum absolute atomic E-state index is 0.0952. The van der Waals surface area contributed by atoms with Crippen LogP contribution in [0.1, 0.15) is 96.0 Å². The van der Waals surface area contributed by atoms with Crippen LogP contribution in [0, 0.1) is 17.3 Å². The van der Waals surface area contributed by atoms with Crippen molar-refractivity contribution in [3.8, 4) is 22.5 Å². The zero-order valence-corrected chi connectivity index (χ0v) is 38.6. The number of hydrogen-bond donors (Lipinski definition) is 2. The van der Waals surface area contributed by atoms with Gasteiger partial charge in [-0.1, -0.05) is 40.2 Å². The molecule has 5 atom stereocenters. The molecule has 13 nitrogen and oxygen atoms in total. The van der Waals surface area contributed by atoms with Gasteiger partial charge in [0.25, 0.3) is 5.91 Å². The number of nitrogens with one attached hydrogen (secondary N) is 2. The molecule has 3 aromatic heterocycles. The second kappa shape index (κ2) is 18.5. The van der Waals surface area contributed by atoms with Crippen LogP contribution in [0.3, 0.4) is 0 Å². The smallest absolute Gasteiger partial charge is 0.259 e. The maximum absolute atomic E-state index is 14.3. The SMILES string of the molecule is CCCCN1CCN(c2cnc([C@H](C)OC)c(-c3c4c5cc(ccc5n3CC)-c3csc(n3)C[C@H](NC(=O)[C@H]3C[C@@H]3C)C(=O)N3CCC[C@](C=O)(COCC(C)(C)C4)N3)c2)CC1. The molecule has 2 amide bonds. The van der Waals surface area contributed by atoms with Gasteiger partial charge in [0, 0.05) is 86.1 Å². The van der Waals surface area contributed by atoms with Crippen molar-refractivity contribution in [2.75, 3.05) is 64.5 Å². The summed E-state index contributed by atoms with van der Waals surface area (Å²) >= 11 is 1.50. The monoisotopic (exact) mass is 866 g/mol. The number of rotatable bonds is 11. The van der Waals surface area contributed by atoms with Gasteiger partial charge in [-0.25, -0.2) is 10.4 Å². The quantitative estimate of drug-likeness (QED) is 0.155. The Hall–Kier alpha value is -4.21. The highest BCUT2D eigenvalue weighted by Crippen LogP contribution is 2.43. The summed E-state index contributed by atoms with van der Waals surface area (Å²) in [4.78, 5) is 55.9. The molecule has 6 bridgehead atoms. The molecule has 3 fully saturated rings. The van der Waals surface area contributed by atoms with Gasteiger partial charge in [-0.05, 0) is 87.6 Å². The molecule has 6 heterocycles.